The maximum Gasteiger partial charge on any atom is 0.221 e. The minimum Gasteiger partial charge on any atom is -0.496 e. The lowest BCUT2D eigenvalue weighted by molar-refractivity contribution is -0.114. The molecule has 21 heavy (non-hydrogen) atoms. The van der Waals surface area contributed by atoms with Gasteiger partial charge in [0.05, 0.1) is 11.6 Å². The van der Waals surface area contributed by atoms with Crippen molar-refractivity contribution in [3.05, 3.63) is 52.5 Å². The van der Waals surface area contributed by atoms with Crippen molar-refractivity contribution in [2.24, 2.45) is 0 Å². The van der Waals surface area contributed by atoms with Crippen LogP contribution in [0.3, 0.4) is 0 Å². The standard InChI is InChI=1S/C16H17BrN2O2/c1-11(20)19-15-6-4-3-5-12(15)10-18-13-7-8-16(21-2)14(17)9-13/h3-9,18H,10H2,1-2H3,(H,19,20). The van der Waals surface area contributed by atoms with Crippen LogP contribution in [-0.4, -0.2) is 13.0 Å². The second kappa shape index (κ2) is 7.13. The highest BCUT2D eigenvalue weighted by atomic mass is 79.9. The Hall–Kier alpha value is -2.01. The Kier molecular flexibility index (Phi) is 5.22. The van der Waals surface area contributed by atoms with Crippen molar-refractivity contribution >= 4 is 33.2 Å². The van der Waals surface area contributed by atoms with Crippen molar-refractivity contribution in [3.8, 4) is 5.75 Å². The van der Waals surface area contributed by atoms with E-state index in [-0.39, 0.29) is 5.91 Å². The average molecular weight is 349 g/mol. The molecule has 2 N–H and O–H groups in total. The highest BCUT2D eigenvalue weighted by molar-refractivity contribution is 9.10. The number of rotatable bonds is 5. The molecule has 0 radical (unpaired) electrons. The molecule has 0 aromatic heterocycles. The second-order valence-corrected chi connectivity index (χ2v) is 5.40. The van der Waals surface area contributed by atoms with Gasteiger partial charge in [-0.2, -0.15) is 0 Å². The van der Waals surface area contributed by atoms with Crippen LogP contribution in [-0.2, 0) is 11.3 Å². The number of halogens is 1. The SMILES string of the molecule is COc1ccc(NCc2ccccc2NC(C)=O)cc1Br. The van der Waals surface area contributed by atoms with Crippen LogP contribution in [0.2, 0.25) is 0 Å². The van der Waals surface area contributed by atoms with Crippen LogP contribution in [0.4, 0.5) is 11.4 Å². The summed E-state index contributed by atoms with van der Waals surface area (Å²) in [5, 5.41) is 6.16. The predicted molar refractivity (Wildman–Crippen MR) is 88.8 cm³/mol. The molecular formula is C16H17BrN2O2. The van der Waals surface area contributed by atoms with E-state index in [0.29, 0.717) is 6.54 Å². The number of ether oxygens (including phenoxy) is 1. The lowest BCUT2D eigenvalue weighted by Crippen LogP contribution is -2.10. The smallest absolute Gasteiger partial charge is 0.221 e. The third kappa shape index (κ3) is 4.23. The molecule has 2 aromatic carbocycles. The zero-order valence-corrected chi connectivity index (χ0v) is 13.5. The Morgan fingerprint density at radius 2 is 2.00 bits per heavy atom. The van der Waals surface area contributed by atoms with Crippen molar-refractivity contribution in [2.45, 2.75) is 13.5 Å². The number of carbonyl (C=O) groups excluding carboxylic acids is 1. The number of carbonyl (C=O) groups is 1. The van der Waals surface area contributed by atoms with Crippen LogP contribution in [0.1, 0.15) is 12.5 Å². The van der Waals surface area contributed by atoms with Crippen LogP contribution in [0.5, 0.6) is 5.75 Å². The molecule has 2 aromatic rings. The quantitative estimate of drug-likeness (QED) is 0.857. The van der Waals surface area contributed by atoms with Gasteiger partial charge in [-0.3, -0.25) is 4.79 Å². The summed E-state index contributed by atoms with van der Waals surface area (Å²) < 4.78 is 6.10. The molecule has 0 bridgehead atoms. The van der Waals surface area contributed by atoms with Gasteiger partial charge in [-0.25, -0.2) is 0 Å². The Morgan fingerprint density at radius 1 is 1.24 bits per heavy atom. The first kappa shape index (κ1) is 15.4. The summed E-state index contributed by atoms with van der Waals surface area (Å²) in [6.45, 7) is 2.13. The number of nitrogens with one attached hydrogen (secondary N) is 2. The molecular weight excluding hydrogens is 332 g/mol. The van der Waals surface area contributed by atoms with Crippen molar-refractivity contribution in [1.82, 2.24) is 0 Å². The summed E-state index contributed by atoms with van der Waals surface area (Å²) in [6, 6.07) is 13.5. The first-order chi connectivity index (χ1) is 10.1. The molecule has 110 valence electrons. The molecule has 0 saturated carbocycles. The zero-order valence-electron chi connectivity index (χ0n) is 11.9. The molecule has 0 heterocycles. The van der Waals surface area contributed by atoms with Gasteiger partial charge in [0.25, 0.3) is 0 Å². The van der Waals surface area contributed by atoms with Gasteiger partial charge in [0, 0.05) is 24.8 Å². The van der Waals surface area contributed by atoms with E-state index < -0.39 is 0 Å². The van der Waals surface area contributed by atoms with Gasteiger partial charge in [-0.15, -0.1) is 0 Å². The summed E-state index contributed by atoms with van der Waals surface area (Å²) in [7, 11) is 1.64. The monoisotopic (exact) mass is 348 g/mol. The fourth-order valence-corrected chi connectivity index (χ4v) is 2.50. The van der Waals surface area contributed by atoms with E-state index in [4.69, 9.17) is 4.74 Å². The molecule has 0 aliphatic heterocycles. The Labute approximate surface area is 132 Å². The first-order valence-electron chi connectivity index (χ1n) is 6.53. The van der Waals surface area contributed by atoms with Crippen molar-refractivity contribution in [2.75, 3.05) is 17.7 Å². The molecule has 0 saturated heterocycles. The molecule has 0 unspecified atom stereocenters. The van der Waals surface area contributed by atoms with Crippen molar-refractivity contribution in [1.29, 1.82) is 0 Å². The first-order valence-corrected chi connectivity index (χ1v) is 7.32. The van der Waals surface area contributed by atoms with Gasteiger partial charge >= 0.3 is 0 Å². The van der Waals surface area contributed by atoms with E-state index in [1.807, 2.05) is 42.5 Å². The van der Waals surface area contributed by atoms with E-state index in [0.717, 1.165) is 27.2 Å². The molecule has 1 amide bonds. The minimum absolute atomic E-state index is 0.0744. The highest BCUT2D eigenvalue weighted by Crippen LogP contribution is 2.28. The van der Waals surface area contributed by atoms with Crippen LogP contribution < -0.4 is 15.4 Å². The predicted octanol–water partition coefficient (Wildman–Crippen LogP) is 4.03. The van der Waals surface area contributed by atoms with Gasteiger partial charge in [0.15, 0.2) is 0 Å². The lowest BCUT2D eigenvalue weighted by atomic mass is 10.1. The van der Waals surface area contributed by atoms with Gasteiger partial charge in [0.1, 0.15) is 5.75 Å². The summed E-state index contributed by atoms with van der Waals surface area (Å²) >= 11 is 3.46. The molecule has 4 nitrogen and oxygen atoms in total. The van der Waals surface area contributed by atoms with E-state index in [1.165, 1.54) is 6.92 Å². The highest BCUT2D eigenvalue weighted by Gasteiger charge is 2.05. The Balaban J connectivity index is 2.09. The van der Waals surface area contributed by atoms with Crippen LogP contribution >= 0.6 is 15.9 Å². The number of methoxy groups -OCH3 is 1. The number of anilines is 2. The van der Waals surface area contributed by atoms with E-state index in [9.17, 15) is 4.79 Å². The molecule has 5 heteroatoms. The summed E-state index contributed by atoms with van der Waals surface area (Å²) in [6.07, 6.45) is 0. The summed E-state index contributed by atoms with van der Waals surface area (Å²) in [5.41, 5.74) is 2.82. The number of benzene rings is 2. The van der Waals surface area contributed by atoms with Crippen molar-refractivity contribution in [3.63, 3.8) is 0 Å². The third-order valence-corrected chi connectivity index (χ3v) is 3.58. The zero-order chi connectivity index (χ0) is 15.2. The molecule has 0 atom stereocenters. The van der Waals surface area contributed by atoms with E-state index in [1.54, 1.807) is 7.11 Å². The van der Waals surface area contributed by atoms with Crippen LogP contribution in [0.25, 0.3) is 0 Å². The fraction of sp³-hybridized carbons (Fsp3) is 0.188. The maximum atomic E-state index is 11.2. The van der Waals surface area contributed by atoms with Crippen LogP contribution in [0, 0.1) is 0 Å². The van der Waals surface area contributed by atoms with Gasteiger partial charge < -0.3 is 15.4 Å². The number of para-hydroxylation sites is 1. The summed E-state index contributed by atoms with van der Waals surface area (Å²) in [5.74, 6) is 0.717. The molecule has 0 fully saturated rings. The topological polar surface area (TPSA) is 50.4 Å². The maximum absolute atomic E-state index is 11.2. The van der Waals surface area contributed by atoms with E-state index >= 15 is 0 Å². The Morgan fingerprint density at radius 3 is 2.67 bits per heavy atom. The molecule has 2 rings (SSSR count). The van der Waals surface area contributed by atoms with Gasteiger partial charge in [-0.1, -0.05) is 18.2 Å². The molecule has 0 aliphatic rings. The Bertz CT molecular complexity index is 644. The largest absolute Gasteiger partial charge is 0.496 e. The minimum atomic E-state index is -0.0744. The van der Waals surface area contributed by atoms with Gasteiger partial charge in [0.2, 0.25) is 5.91 Å². The fourth-order valence-electron chi connectivity index (χ4n) is 1.96. The normalized spacial score (nSPS) is 10.0. The molecule has 0 aliphatic carbocycles. The van der Waals surface area contributed by atoms with Crippen LogP contribution in [0.15, 0.2) is 46.9 Å². The average Bonchev–Trinajstić information content (AvgIpc) is 2.46. The number of amides is 1. The van der Waals surface area contributed by atoms with Gasteiger partial charge in [-0.05, 0) is 45.8 Å². The second-order valence-electron chi connectivity index (χ2n) is 4.54. The number of hydrogen-bond acceptors (Lipinski definition) is 3. The third-order valence-electron chi connectivity index (χ3n) is 2.96. The summed E-state index contributed by atoms with van der Waals surface area (Å²) in [4.78, 5) is 11.2. The van der Waals surface area contributed by atoms with E-state index in [2.05, 4.69) is 26.6 Å². The van der Waals surface area contributed by atoms with Crippen molar-refractivity contribution < 1.29 is 9.53 Å². The molecule has 0 spiro atoms. The lowest BCUT2D eigenvalue weighted by Gasteiger charge is -2.12. The number of hydrogen-bond donors (Lipinski definition) is 2.